The van der Waals surface area contributed by atoms with Gasteiger partial charge in [0.05, 0.1) is 22.1 Å². The van der Waals surface area contributed by atoms with Crippen LogP contribution in [0.15, 0.2) is 77.8 Å². The molecule has 0 aliphatic carbocycles. The lowest BCUT2D eigenvalue weighted by molar-refractivity contribution is -0.114. The van der Waals surface area contributed by atoms with Crippen molar-refractivity contribution in [3.05, 3.63) is 95.2 Å². The van der Waals surface area contributed by atoms with Crippen LogP contribution in [0.4, 0.5) is 0 Å². The van der Waals surface area contributed by atoms with E-state index in [1.54, 1.807) is 54.6 Å². The van der Waals surface area contributed by atoms with Gasteiger partial charge in [0.1, 0.15) is 0 Å². The Balaban J connectivity index is 1.61. The molecule has 9 heteroatoms. The van der Waals surface area contributed by atoms with Gasteiger partial charge >= 0.3 is 0 Å². The number of benzene rings is 3. The number of carbonyl (C=O) groups is 2. The Morgan fingerprint density at radius 3 is 2.21 bits per heavy atom. The predicted octanol–water partition coefficient (Wildman–Crippen LogP) is 2.27. The quantitative estimate of drug-likeness (QED) is 0.395. The van der Waals surface area contributed by atoms with Gasteiger partial charge < -0.3 is 5.32 Å². The Labute approximate surface area is 190 Å². The van der Waals surface area contributed by atoms with Gasteiger partial charge in [-0.1, -0.05) is 30.3 Å². The summed E-state index contributed by atoms with van der Waals surface area (Å²) in [7, 11) is -3.77. The number of hydrogen-bond acceptors (Lipinski definition) is 6. The lowest BCUT2D eigenvalue weighted by atomic mass is 9.91. The molecule has 0 aromatic heterocycles. The summed E-state index contributed by atoms with van der Waals surface area (Å²) in [5.41, 5.74) is 4.11. The minimum atomic E-state index is -3.77. The maximum absolute atomic E-state index is 12.5. The molecule has 0 bridgehead atoms. The van der Waals surface area contributed by atoms with Crippen molar-refractivity contribution in [3.63, 3.8) is 0 Å². The van der Waals surface area contributed by atoms with Crippen molar-refractivity contribution < 1.29 is 18.0 Å². The second-order valence-corrected chi connectivity index (χ2v) is 8.92. The topological polar surface area (TPSA) is 142 Å². The third-order valence-electron chi connectivity index (χ3n) is 5.18. The molecule has 0 saturated carbocycles. The van der Waals surface area contributed by atoms with Crippen molar-refractivity contribution in [2.75, 3.05) is 0 Å². The average Bonchev–Trinajstić information content (AvgIpc) is 2.80. The maximum Gasteiger partial charge on any atom is 0.260 e. The Kier molecular flexibility index (Phi) is 5.79. The highest BCUT2D eigenvalue weighted by atomic mass is 32.2. The van der Waals surface area contributed by atoms with Gasteiger partial charge in [-0.2, -0.15) is 5.26 Å². The van der Waals surface area contributed by atoms with Crippen LogP contribution in [-0.4, -0.2) is 20.2 Å². The number of fused-ring (bicyclic) bond motifs is 1. The zero-order valence-corrected chi connectivity index (χ0v) is 18.0. The molecule has 4 N–H and O–H groups in total. The molecule has 3 aromatic rings. The first-order chi connectivity index (χ1) is 15.8. The number of primary sulfonamides is 1. The smallest absolute Gasteiger partial charge is 0.260 e. The van der Waals surface area contributed by atoms with E-state index < -0.39 is 21.8 Å². The number of hydrogen-bond donors (Lipinski definition) is 3. The van der Waals surface area contributed by atoms with Gasteiger partial charge in [-0.25, -0.2) is 13.6 Å². The van der Waals surface area contributed by atoms with Crippen molar-refractivity contribution in [2.24, 2.45) is 5.14 Å². The van der Waals surface area contributed by atoms with Crippen molar-refractivity contribution in [1.82, 2.24) is 10.6 Å². The van der Waals surface area contributed by atoms with Crippen LogP contribution in [0.25, 0.3) is 16.7 Å². The first-order valence-electron chi connectivity index (χ1n) is 9.82. The molecule has 3 aromatic carbocycles. The SMILES string of the molecule is N#Cc1ccc(-c2ccc3c(c2)C(=CNCc2ccc(S(N)(=O)=O)cc2)C(=O)NC3=O)cc1. The third-order valence-corrected chi connectivity index (χ3v) is 6.11. The van der Waals surface area contributed by atoms with Gasteiger partial charge in [-0.15, -0.1) is 0 Å². The first-order valence-corrected chi connectivity index (χ1v) is 11.4. The van der Waals surface area contributed by atoms with Crippen molar-refractivity contribution in [1.29, 1.82) is 5.26 Å². The summed E-state index contributed by atoms with van der Waals surface area (Å²) in [5, 5.41) is 19.5. The largest absolute Gasteiger partial charge is 0.386 e. The standard InChI is InChI=1S/C24H18N4O4S/c25-12-15-1-5-17(6-2-15)18-7-10-20-21(11-18)22(24(30)28-23(20)29)14-27-13-16-3-8-19(9-4-16)33(26,31)32/h1-11,14,27H,13H2,(H2,26,31,32)(H,28,29,30). The van der Waals surface area contributed by atoms with Crippen LogP contribution in [0.5, 0.6) is 0 Å². The maximum atomic E-state index is 12.5. The van der Waals surface area contributed by atoms with Crippen molar-refractivity contribution >= 4 is 27.4 Å². The minimum absolute atomic E-state index is 0.0130. The summed E-state index contributed by atoms with van der Waals surface area (Å²) in [6, 6.07) is 20.3. The summed E-state index contributed by atoms with van der Waals surface area (Å²) in [4.78, 5) is 24.9. The molecule has 1 aliphatic rings. The van der Waals surface area contributed by atoms with Crippen LogP contribution < -0.4 is 15.8 Å². The van der Waals surface area contributed by atoms with Crippen LogP contribution in [0.1, 0.15) is 27.0 Å². The molecule has 0 fully saturated rings. The Bertz CT molecular complexity index is 1440. The van der Waals surface area contributed by atoms with Crippen LogP contribution in [-0.2, 0) is 21.4 Å². The number of nitrogens with zero attached hydrogens (tertiary/aromatic N) is 1. The van der Waals surface area contributed by atoms with Gasteiger partial charge in [-0.3, -0.25) is 14.9 Å². The molecule has 33 heavy (non-hydrogen) atoms. The molecular weight excluding hydrogens is 440 g/mol. The lowest BCUT2D eigenvalue weighted by Gasteiger charge is -2.19. The molecule has 164 valence electrons. The predicted molar refractivity (Wildman–Crippen MR) is 122 cm³/mol. The molecule has 0 atom stereocenters. The monoisotopic (exact) mass is 458 g/mol. The van der Waals surface area contributed by atoms with Gasteiger partial charge in [-0.05, 0) is 53.1 Å². The summed E-state index contributed by atoms with van der Waals surface area (Å²) in [5.74, 6) is -1.00. The van der Waals surface area contributed by atoms with Gasteiger partial charge in [0.2, 0.25) is 10.0 Å². The highest BCUT2D eigenvalue weighted by molar-refractivity contribution is 7.89. The zero-order chi connectivity index (χ0) is 23.6. The molecule has 8 nitrogen and oxygen atoms in total. The van der Waals surface area contributed by atoms with E-state index in [0.717, 1.165) is 16.7 Å². The van der Waals surface area contributed by atoms with Crippen LogP contribution in [0, 0.1) is 11.3 Å². The second-order valence-electron chi connectivity index (χ2n) is 7.36. The summed E-state index contributed by atoms with van der Waals surface area (Å²) >= 11 is 0. The van der Waals surface area contributed by atoms with Crippen molar-refractivity contribution in [3.8, 4) is 17.2 Å². The Morgan fingerprint density at radius 2 is 1.58 bits per heavy atom. The molecule has 0 saturated heterocycles. The molecule has 0 spiro atoms. The number of sulfonamides is 1. The molecule has 1 heterocycles. The lowest BCUT2D eigenvalue weighted by Crippen LogP contribution is -2.37. The normalized spacial score (nSPS) is 14.4. The van der Waals surface area contributed by atoms with Gasteiger partial charge in [0.15, 0.2) is 0 Å². The fraction of sp³-hybridized carbons (Fsp3) is 0.0417. The van der Waals surface area contributed by atoms with Gasteiger partial charge in [0.25, 0.3) is 11.8 Å². The number of rotatable bonds is 5. The van der Waals surface area contributed by atoms with Crippen LogP contribution >= 0.6 is 0 Å². The number of nitriles is 1. The van der Waals surface area contributed by atoms with E-state index in [2.05, 4.69) is 16.7 Å². The fourth-order valence-electron chi connectivity index (χ4n) is 3.45. The van der Waals surface area contributed by atoms with E-state index in [-0.39, 0.29) is 4.90 Å². The highest BCUT2D eigenvalue weighted by Gasteiger charge is 2.27. The minimum Gasteiger partial charge on any atom is -0.386 e. The first kappa shape index (κ1) is 22.0. The molecular formula is C24H18N4O4S. The summed E-state index contributed by atoms with van der Waals surface area (Å²) in [6.45, 7) is 0.320. The van der Waals surface area contributed by atoms with Gasteiger partial charge in [0, 0.05) is 23.9 Å². The fourth-order valence-corrected chi connectivity index (χ4v) is 3.97. The van der Waals surface area contributed by atoms with E-state index in [1.165, 1.54) is 18.3 Å². The van der Waals surface area contributed by atoms with E-state index in [4.69, 9.17) is 10.4 Å². The number of nitrogens with two attached hydrogens (primary N) is 1. The number of nitrogens with one attached hydrogen (secondary N) is 2. The number of imide groups is 1. The Morgan fingerprint density at radius 1 is 0.909 bits per heavy atom. The highest BCUT2D eigenvalue weighted by Crippen LogP contribution is 2.29. The molecule has 0 unspecified atom stereocenters. The van der Waals surface area contributed by atoms with Crippen LogP contribution in [0.2, 0.25) is 0 Å². The van der Waals surface area contributed by atoms with E-state index >= 15 is 0 Å². The number of carbonyl (C=O) groups excluding carboxylic acids is 2. The van der Waals surface area contributed by atoms with E-state index in [1.807, 2.05) is 0 Å². The molecule has 0 radical (unpaired) electrons. The van der Waals surface area contributed by atoms with Crippen molar-refractivity contribution in [2.45, 2.75) is 11.4 Å². The number of amides is 2. The van der Waals surface area contributed by atoms with E-state index in [9.17, 15) is 18.0 Å². The summed E-state index contributed by atoms with van der Waals surface area (Å²) < 4.78 is 22.7. The second kappa shape index (κ2) is 8.70. The van der Waals surface area contributed by atoms with Crippen LogP contribution in [0.3, 0.4) is 0 Å². The average molecular weight is 458 g/mol. The molecule has 1 aliphatic heterocycles. The third kappa shape index (κ3) is 4.67. The zero-order valence-electron chi connectivity index (χ0n) is 17.2. The molecule has 2 amide bonds. The molecule has 4 rings (SSSR count). The Hall–Kier alpha value is -4.26. The summed E-state index contributed by atoms with van der Waals surface area (Å²) in [6.07, 6.45) is 1.52. The van der Waals surface area contributed by atoms with E-state index in [0.29, 0.717) is 28.8 Å².